The maximum absolute atomic E-state index is 11.6. The molecule has 0 aromatic rings. The second-order valence-corrected chi connectivity index (χ2v) is 7.42. The lowest BCUT2D eigenvalue weighted by Crippen LogP contribution is -2.49. The topological polar surface area (TPSA) is 75.3 Å². The van der Waals surface area contributed by atoms with E-state index in [-0.39, 0.29) is 23.2 Å². The summed E-state index contributed by atoms with van der Waals surface area (Å²) in [4.78, 5) is 11.6. The van der Waals surface area contributed by atoms with Crippen molar-refractivity contribution >= 4 is 15.7 Å². The van der Waals surface area contributed by atoms with E-state index in [1.165, 1.54) is 6.26 Å². The maximum atomic E-state index is 11.6. The Morgan fingerprint density at radius 3 is 2.61 bits per heavy atom. The predicted molar refractivity (Wildman–Crippen MR) is 72.2 cm³/mol. The summed E-state index contributed by atoms with van der Waals surface area (Å²) in [5.41, 5.74) is 0. The van der Waals surface area contributed by atoms with Crippen LogP contribution in [0.3, 0.4) is 0 Å². The highest BCUT2D eigenvalue weighted by molar-refractivity contribution is 7.91. The van der Waals surface area contributed by atoms with E-state index >= 15 is 0 Å². The van der Waals surface area contributed by atoms with Crippen LogP contribution in [0.25, 0.3) is 0 Å². The normalized spacial score (nSPS) is 26.6. The van der Waals surface area contributed by atoms with Gasteiger partial charge in [0.05, 0.1) is 11.3 Å². The van der Waals surface area contributed by atoms with E-state index < -0.39 is 9.84 Å². The van der Waals surface area contributed by atoms with Crippen LogP contribution in [-0.4, -0.2) is 44.5 Å². The summed E-state index contributed by atoms with van der Waals surface area (Å²) < 4.78 is 23.1. The van der Waals surface area contributed by atoms with Gasteiger partial charge < -0.3 is 10.6 Å². The Hall–Kier alpha value is -0.620. The number of amides is 1. The van der Waals surface area contributed by atoms with Crippen LogP contribution in [0, 0.1) is 0 Å². The molecule has 0 heterocycles. The van der Waals surface area contributed by atoms with Crippen LogP contribution in [0.15, 0.2) is 0 Å². The average molecular weight is 276 g/mol. The molecule has 0 radical (unpaired) electrons. The molecule has 1 amide bonds. The first-order valence-corrected chi connectivity index (χ1v) is 8.52. The maximum Gasteiger partial charge on any atom is 0.236 e. The highest BCUT2D eigenvalue weighted by atomic mass is 32.2. The lowest BCUT2D eigenvalue weighted by molar-refractivity contribution is -0.122. The van der Waals surface area contributed by atoms with Gasteiger partial charge in [0, 0.05) is 18.8 Å². The summed E-state index contributed by atoms with van der Waals surface area (Å²) in [5.74, 6) is -0.0287. The molecule has 2 N–H and O–H groups in total. The lowest BCUT2D eigenvalue weighted by atomic mass is 9.94. The molecule has 18 heavy (non-hydrogen) atoms. The fraction of sp³-hybridized carbons (Fsp3) is 0.917. The van der Waals surface area contributed by atoms with Crippen molar-refractivity contribution in [2.45, 2.75) is 56.9 Å². The molecule has 1 aliphatic carbocycles. The molecule has 1 fully saturated rings. The van der Waals surface area contributed by atoms with E-state index in [9.17, 15) is 13.2 Å². The Labute approximate surface area is 110 Å². The van der Waals surface area contributed by atoms with Gasteiger partial charge in [-0.3, -0.25) is 4.79 Å². The molecule has 1 rings (SSSR count). The number of carbonyl (C=O) groups excluding carboxylic acids is 1. The average Bonchev–Trinajstić information content (AvgIpc) is 2.28. The zero-order chi connectivity index (χ0) is 13.8. The van der Waals surface area contributed by atoms with Crippen LogP contribution in [0.2, 0.25) is 0 Å². The highest BCUT2D eigenvalue weighted by Crippen LogP contribution is 2.24. The number of nitrogens with one attached hydrogen (secondary N) is 2. The number of hydrogen-bond donors (Lipinski definition) is 2. The van der Waals surface area contributed by atoms with Crippen molar-refractivity contribution in [3.05, 3.63) is 0 Å². The second kappa shape index (κ2) is 6.52. The van der Waals surface area contributed by atoms with Gasteiger partial charge in [-0.15, -0.1) is 0 Å². The standard InChI is InChI=1S/C12H24N2O3S/c1-4-13-12(15)9(2)14-10-6-5-7-11(8-10)18(3,16)17/h9-11,14H,4-8H2,1-3H3,(H,13,15). The van der Waals surface area contributed by atoms with Gasteiger partial charge in [0.15, 0.2) is 0 Å². The molecular weight excluding hydrogens is 252 g/mol. The van der Waals surface area contributed by atoms with E-state index in [2.05, 4.69) is 10.6 Å². The first-order valence-electron chi connectivity index (χ1n) is 6.57. The second-order valence-electron chi connectivity index (χ2n) is 5.10. The summed E-state index contributed by atoms with van der Waals surface area (Å²) in [7, 11) is -2.97. The quantitative estimate of drug-likeness (QED) is 0.765. The molecule has 0 saturated heterocycles. The minimum absolute atomic E-state index is 0.0287. The summed E-state index contributed by atoms with van der Waals surface area (Å²) in [6.45, 7) is 4.31. The molecule has 0 spiro atoms. The molecule has 1 saturated carbocycles. The van der Waals surface area contributed by atoms with Crippen molar-refractivity contribution in [3.63, 3.8) is 0 Å². The van der Waals surface area contributed by atoms with Gasteiger partial charge in [-0.25, -0.2) is 8.42 Å². The molecule has 1 aliphatic rings. The van der Waals surface area contributed by atoms with Gasteiger partial charge >= 0.3 is 0 Å². The van der Waals surface area contributed by atoms with Gasteiger partial charge in [0.25, 0.3) is 0 Å². The van der Waals surface area contributed by atoms with Crippen molar-refractivity contribution in [1.82, 2.24) is 10.6 Å². The Morgan fingerprint density at radius 2 is 2.06 bits per heavy atom. The third-order valence-corrected chi connectivity index (χ3v) is 5.10. The lowest BCUT2D eigenvalue weighted by Gasteiger charge is -2.30. The molecule has 6 heteroatoms. The van der Waals surface area contributed by atoms with Crippen LogP contribution in [-0.2, 0) is 14.6 Å². The molecule has 0 aromatic carbocycles. The van der Waals surface area contributed by atoms with Gasteiger partial charge in [-0.1, -0.05) is 6.42 Å². The predicted octanol–water partition coefficient (Wildman–Crippen LogP) is 0.456. The molecule has 0 aromatic heterocycles. The first kappa shape index (κ1) is 15.4. The minimum Gasteiger partial charge on any atom is -0.355 e. The van der Waals surface area contributed by atoms with Crippen LogP contribution >= 0.6 is 0 Å². The number of hydrogen-bond acceptors (Lipinski definition) is 4. The number of likely N-dealkylation sites (N-methyl/N-ethyl adjacent to an activating group) is 1. The van der Waals surface area contributed by atoms with Crippen LogP contribution in [0.4, 0.5) is 0 Å². The van der Waals surface area contributed by atoms with Crippen LogP contribution in [0.5, 0.6) is 0 Å². The molecular formula is C12H24N2O3S. The summed E-state index contributed by atoms with van der Waals surface area (Å²) >= 11 is 0. The third-order valence-electron chi connectivity index (χ3n) is 3.46. The first-order chi connectivity index (χ1) is 8.34. The smallest absolute Gasteiger partial charge is 0.236 e. The van der Waals surface area contributed by atoms with Gasteiger partial charge in [0.1, 0.15) is 9.84 Å². The minimum atomic E-state index is -2.97. The summed E-state index contributed by atoms with van der Waals surface area (Å²) in [6, 6.07) is -0.149. The van der Waals surface area contributed by atoms with Crippen molar-refractivity contribution in [1.29, 1.82) is 0 Å². The van der Waals surface area contributed by atoms with Crippen molar-refractivity contribution in [2.24, 2.45) is 0 Å². The number of carbonyl (C=O) groups is 1. The van der Waals surface area contributed by atoms with Crippen molar-refractivity contribution < 1.29 is 13.2 Å². The zero-order valence-electron chi connectivity index (χ0n) is 11.4. The molecule has 3 atom stereocenters. The van der Waals surface area contributed by atoms with E-state index in [1.54, 1.807) is 0 Å². The molecule has 5 nitrogen and oxygen atoms in total. The Morgan fingerprint density at radius 1 is 1.39 bits per heavy atom. The Kier molecular flexibility index (Phi) is 5.59. The number of sulfone groups is 1. The van der Waals surface area contributed by atoms with E-state index in [0.717, 1.165) is 19.3 Å². The molecule has 0 bridgehead atoms. The zero-order valence-corrected chi connectivity index (χ0v) is 12.2. The summed E-state index contributed by atoms with van der Waals surface area (Å²) in [5, 5.41) is 5.73. The SMILES string of the molecule is CCNC(=O)C(C)NC1CCCC(S(C)(=O)=O)C1. The van der Waals surface area contributed by atoms with E-state index in [1.807, 2.05) is 13.8 Å². The van der Waals surface area contributed by atoms with Crippen LogP contribution in [0.1, 0.15) is 39.5 Å². The summed E-state index contributed by atoms with van der Waals surface area (Å²) in [6.07, 6.45) is 4.50. The molecule has 3 unspecified atom stereocenters. The third kappa shape index (κ3) is 4.57. The van der Waals surface area contributed by atoms with E-state index in [4.69, 9.17) is 0 Å². The van der Waals surface area contributed by atoms with Gasteiger partial charge in [0.2, 0.25) is 5.91 Å². The molecule has 106 valence electrons. The molecule has 0 aliphatic heterocycles. The fourth-order valence-corrected chi connectivity index (χ4v) is 3.62. The Balaban J connectivity index is 2.50. The van der Waals surface area contributed by atoms with Crippen molar-refractivity contribution in [2.75, 3.05) is 12.8 Å². The Bertz CT molecular complexity index is 381. The largest absolute Gasteiger partial charge is 0.355 e. The van der Waals surface area contributed by atoms with E-state index in [0.29, 0.717) is 13.0 Å². The van der Waals surface area contributed by atoms with Crippen LogP contribution < -0.4 is 10.6 Å². The van der Waals surface area contributed by atoms with Gasteiger partial charge in [-0.2, -0.15) is 0 Å². The monoisotopic (exact) mass is 276 g/mol. The van der Waals surface area contributed by atoms with Crippen molar-refractivity contribution in [3.8, 4) is 0 Å². The highest BCUT2D eigenvalue weighted by Gasteiger charge is 2.30. The fourth-order valence-electron chi connectivity index (χ4n) is 2.44. The number of rotatable bonds is 5. The van der Waals surface area contributed by atoms with Gasteiger partial charge in [-0.05, 0) is 33.1 Å².